The van der Waals surface area contributed by atoms with Crippen molar-refractivity contribution in [1.29, 1.82) is 0 Å². The molecule has 100 valence electrons. The molecule has 0 spiro atoms. The summed E-state index contributed by atoms with van der Waals surface area (Å²) in [5.41, 5.74) is 0. The Labute approximate surface area is 113 Å². The molecule has 0 bridgehead atoms. The smallest absolute Gasteiger partial charge is 0.270 e. The number of amides is 1. The van der Waals surface area contributed by atoms with Gasteiger partial charge in [0.25, 0.3) is 10.0 Å². The van der Waals surface area contributed by atoms with Crippen molar-refractivity contribution in [2.45, 2.75) is 35.5 Å². The number of nitrogens with one attached hydrogen (secondary N) is 2. The predicted octanol–water partition coefficient (Wildman–Crippen LogP) is 0.545. The van der Waals surface area contributed by atoms with Crippen LogP contribution in [0.4, 0.5) is 5.13 Å². The average molecular weight is 311 g/mol. The van der Waals surface area contributed by atoms with Gasteiger partial charge < -0.3 is 5.32 Å². The van der Waals surface area contributed by atoms with Crippen LogP contribution in [0.5, 0.6) is 0 Å². The molecule has 2 N–H and O–H groups in total. The lowest BCUT2D eigenvalue weighted by molar-refractivity contribution is -0.114. The molecule has 1 heterocycles. The summed E-state index contributed by atoms with van der Waals surface area (Å²) in [5.74, 6) is -0.327. The number of carbonyl (C=O) groups is 1. The minimum absolute atomic E-state index is 0.0297. The maximum absolute atomic E-state index is 11.9. The Morgan fingerprint density at radius 2 is 2.11 bits per heavy atom. The van der Waals surface area contributed by atoms with Gasteiger partial charge in [-0.15, -0.1) is 21.8 Å². The van der Waals surface area contributed by atoms with Gasteiger partial charge in [0.05, 0.1) is 0 Å². The molecule has 0 saturated heterocycles. The molecule has 0 atom stereocenters. The number of nitrogens with zero attached hydrogens (tertiary/aromatic N) is 2. The van der Waals surface area contributed by atoms with Gasteiger partial charge in [0, 0.05) is 18.3 Å². The van der Waals surface area contributed by atoms with Crippen LogP contribution in [0.2, 0.25) is 0 Å². The zero-order valence-electron chi connectivity index (χ0n) is 9.38. The number of aromatic nitrogens is 2. The summed E-state index contributed by atoms with van der Waals surface area (Å²) in [4.78, 5) is 10.8. The molecule has 2 rings (SSSR count). The van der Waals surface area contributed by atoms with Crippen molar-refractivity contribution in [1.82, 2.24) is 14.9 Å². The number of hydrogen-bond donors (Lipinski definition) is 2. The van der Waals surface area contributed by atoms with Gasteiger partial charge in [-0.1, -0.05) is 11.3 Å². The van der Waals surface area contributed by atoms with Crippen LogP contribution in [0.15, 0.2) is 4.34 Å². The van der Waals surface area contributed by atoms with Crippen LogP contribution in [0, 0.1) is 0 Å². The lowest BCUT2D eigenvalue weighted by Gasteiger charge is -2.30. The minimum Gasteiger partial charge on any atom is -0.301 e. The fraction of sp³-hybridized carbons (Fsp3) is 0.625. The Balaban J connectivity index is 2.05. The van der Waals surface area contributed by atoms with Gasteiger partial charge in [-0.3, -0.25) is 4.79 Å². The third-order valence-electron chi connectivity index (χ3n) is 2.32. The first-order chi connectivity index (χ1) is 8.37. The first-order valence-corrected chi connectivity index (χ1v) is 7.88. The van der Waals surface area contributed by atoms with Crippen LogP contribution >= 0.6 is 22.9 Å². The summed E-state index contributed by atoms with van der Waals surface area (Å²) in [6, 6.07) is -0.148. The number of hydrogen-bond acceptors (Lipinski definition) is 6. The van der Waals surface area contributed by atoms with E-state index in [1.807, 2.05) is 0 Å². The molecule has 1 aromatic heterocycles. The summed E-state index contributed by atoms with van der Waals surface area (Å²) >= 11 is 6.58. The molecule has 0 aromatic carbocycles. The average Bonchev–Trinajstić information content (AvgIpc) is 2.63. The Morgan fingerprint density at radius 3 is 2.67 bits per heavy atom. The molecule has 1 aliphatic carbocycles. The maximum Gasteiger partial charge on any atom is 0.270 e. The third kappa shape index (κ3) is 3.16. The molecular formula is C8H11ClN4O3S2. The Hall–Kier alpha value is -0.770. The summed E-state index contributed by atoms with van der Waals surface area (Å²) in [5, 5.41) is 9.69. The molecule has 10 heteroatoms. The van der Waals surface area contributed by atoms with E-state index in [0.29, 0.717) is 12.8 Å². The van der Waals surface area contributed by atoms with Crippen LogP contribution in [-0.4, -0.2) is 35.9 Å². The van der Waals surface area contributed by atoms with Crippen LogP contribution in [0.3, 0.4) is 0 Å². The van der Waals surface area contributed by atoms with Crippen molar-refractivity contribution < 1.29 is 13.2 Å². The fourth-order valence-electron chi connectivity index (χ4n) is 1.43. The predicted molar refractivity (Wildman–Crippen MR) is 67.2 cm³/mol. The molecule has 7 nitrogen and oxygen atoms in total. The van der Waals surface area contributed by atoms with E-state index in [2.05, 4.69) is 20.2 Å². The topological polar surface area (TPSA) is 101 Å². The van der Waals surface area contributed by atoms with Gasteiger partial charge in [0.15, 0.2) is 0 Å². The quantitative estimate of drug-likeness (QED) is 0.624. The summed E-state index contributed by atoms with van der Waals surface area (Å²) in [6.45, 7) is 1.31. The Kier molecular flexibility index (Phi) is 3.85. The van der Waals surface area contributed by atoms with Crippen molar-refractivity contribution >= 4 is 44.0 Å². The number of sulfonamides is 1. The van der Waals surface area contributed by atoms with Crippen molar-refractivity contribution in [3.63, 3.8) is 0 Å². The van der Waals surface area contributed by atoms with Gasteiger partial charge in [0.2, 0.25) is 15.4 Å². The normalized spacial score (nSPS) is 23.4. The molecule has 1 amide bonds. The lowest BCUT2D eigenvalue weighted by atomic mass is 9.94. The first kappa shape index (κ1) is 13.7. The maximum atomic E-state index is 11.9. The number of rotatable bonds is 4. The second kappa shape index (κ2) is 5.08. The standard InChI is InChI=1S/C8H11ClN4O3S2/c1-4(14)10-7-11-12-8(17-7)18(15,16)13-6-2-5(9)3-6/h5-6,13H,2-3H2,1H3,(H,10,11,14). The molecule has 1 aromatic rings. The third-order valence-corrected chi connectivity index (χ3v) is 5.40. The van der Waals surface area contributed by atoms with E-state index in [1.54, 1.807) is 0 Å². The minimum atomic E-state index is -3.67. The zero-order chi connectivity index (χ0) is 13.3. The molecule has 0 radical (unpaired) electrons. The van der Waals surface area contributed by atoms with Crippen molar-refractivity contribution in [3.05, 3.63) is 0 Å². The SMILES string of the molecule is CC(=O)Nc1nnc(S(=O)(=O)NC2CC(Cl)C2)s1. The van der Waals surface area contributed by atoms with Crippen LogP contribution in [0.25, 0.3) is 0 Å². The number of carbonyl (C=O) groups excluding carboxylic acids is 1. The molecule has 1 fully saturated rings. The number of alkyl halides is 1. The highest BCUT2D eigenvalue weighted by atomic mass is 35.5. The van der Waals surface area contributed by atoms with E-state index in [0.717, 1.165) is 11.3 Å². The lowest BCUT2D eigenvalue weighted by Crippen LogP contribution is -2.44. The van der Waals surface area contributed by atoms with Gasteiger partial charge >= 0.3 is 0 Å². The number of anilines is 1. The fourth-order valence-corrected chi connectivity index (χ4v) is 4.09. The van der Waals surface area contributed by atoms with Crippen LogP contribution in [-0.2, 0) is 14.8 Å². The van der Waals surface area contributed by atoms with E-state index < -0.39 is 10.0 Å². The van der Waals surface area contributed by atoms with E-state index in [9.17, 15) is 13.2 Å². The zero-order valence-corrected chi connectivity index (χ0v) is 11.8. The van der Waals surface area contributed by atoms with Gasteiger partial charge in [-0.25, -0.2) is 13.1 Å². The van der Waals surface area contributed by atoms with Gasteiger partial charge in [-0.2, -0.15) is 0 Å². The molecule has 18 heavy (non-hydrogen) atoms. The summed E-state index contributed by atoms with van der Waals surface area (Å²) in [7, 11) is -3.67. The largest absolute Gasteiger partial charge is 0.301 e. The molecule has 1 aliphatic rings. The first-order valence-electron chi connectivity index (χ1n) is 5.14. The van der Waals surface area contributed by atoms with E-state index in [4.69, 9.17) is 11.6 Å². The second-order valence-electron chi connectivity index (χ2n) is 3.94. The highest BCUT2D eigenvalue weighted by Crippen LogP contribution is 2.27. The van der Waals surface area contributed by atoms with Gasteiger partial charge in [-0.05, 0) is 12.8 Å². The summed E-state index contributed by atoms with van der Waals surface area (Å²) < 4.78 is 26.1. The van der Waals surface area contributed by atoms with Crippen molar-refractivity contribution in [2.24, 2.45) is 0 Å². The van der Waals surface area contributed by atoms with Crippen LogP contribution < -0.4 is 10.0 Å². The van der Waals surface area contributed by atoms with Crippen molar-refractivity contribution in [3.8, 4) is 0 Å². The molecule has 0 aliphatic heterocycles. The Bertz CT molecular complexity index is 552. The summed E-state index contributed by atoms with van der Waals surface area (Å²) in [6.07, 6.45) is 1.22. The molecule has 1 saturated carbocycles. The molecular weight excluding hydrogens is 300 g/mol. The monoisotopic (exact) mass is 310 g/mol. The van der Waals surface area contributed by atoms with E-state index >= 15 is 0 Å². The van der Waals surface area contributed by atoms with E-state index in [1.165, 1.54) is 6.92 Å². The van der Waals surface area contributed by atoms with E-state index in [-0.39, 0.29) is 26.8 Å². The highest BCUT2D eigenvalue weighted by molar-refractivity contribution is 7.91. The second-order valence-corrected chi connectivity index (χ2v) is 7.42. The van der Waals surface area contributed by atoms with Crippen LogP contribution in [0.1, 0.15) is 19.8 Å². The molecule has 0 unspecified atom stereocenters. The highest BCUT2D eigenvalue weighted by Gasteiger charge is 2.32. The number of halogens is 1. The Morgan fingerprint density at radius 1 is 1.44 bits per heavy atom. The van der Waals surface area contributed by atoms with Crippen molar-refractivity contribution in [2.75, 3.05) is 5.32 Å². The van der Waals surface area contributed by atoms with Gasteiger partial charge in [0.1, 0.15) is 0 Å².